The summed E-state index contributed by atoms with van der Waals surface area (Å²) in [4.78, 5) is 10.1. The minimum Gasteiger partial charge on any atom is -0.390 e. The second-order valence-corrected chi connectivity index (χ2v) is 4.10. The van der Waals surface area contributed by atoms with Gasteiger partial charge in [0.25, 0.3) is 0 Å². The zero-order valence-corrected chi connectivity index (χ0v) is 8.19. The van der Waals surface area contributed by atoms with E-state index in [-0.39, 0.29) is 17.8 Å². The highest BCUT2D eigenvalue weighted by atomic mass is 16.6. The number of hydrogen-bond donors (Lipinski definition) is 1. The first-order valence-corrected chi connectivity index (χ1v) is 5.26. The molecule has 0 bridgehead atoms. The van der Waals surface area contributed by atoms with Crippen molar-refractivity contribution in [2.45, 2.75) is 49.9 Å². The maximum Gasteiger partial charge on any atom is 0.120 e. The third-order valence-electron chi connectivity index (χ3n) is 3.04. The van der Waals surface area contributed by atoms with Gasteiger partial charge in [-0.2, -0.15) is 0 Å². The predicted octanol–water partition coefficient (Wildman–Crippen LogP) is 1.20. The lowest BCUT2D eigenvalue weighted by Crippen LogP contribution is -2.28. The number of unbranched alkanes of at least 4 members (excludes halogenated alkanes) is 1. The lowest BCUT2D eigenvalue weighted by Gasteiger charge is -2.17. The number of allylic oxidation sites excluding steroid dienone is 1. The average molecular weight is 196 g/mol. The van der Waals surface area contributed by atoms with Crippen molar-refractivity contribution in [3.05, 3.63) is 12.2 Å². The van der Waals surface area contributed by atoms with Crippen LogP contribution in [0.4, 0.5) is 0 Å². The molecule has 0 radical (unpaired) electrons. The van der Waals surface area contributed by atoms with E-state index in [1.807, 2.05) is 12.2 Å². The molecule has 0 aromatic heterocycles. The molecule has 3 heteroatoms. The summed E-state index contributed by atoms with van der Waals surface area (Å²) in [6.45, 7) is 0. The molecule has 3 nitrogen and oxygen atoms in total. The van der Waals surface area contributed by atoms with Gasteiger partial charge in [-0.15, -0.1) is 0 Å². The Morgan fingerprint density at radius 1 is 1.50 bits per heavy atom. The van der Waals surface area contributed by atoms with Crippen molar-refractivity contribution in [2.24, 2.45) is 0 Å². The summed E-state index contributed by atoms with van der Waals surface area (Å²) >= 11 is 0. The van der Waals surface area contributed by atoms with Crippen LogP contribution in [0.25, 0.3) is 0 Å². The maximum absolute atomic E-state index is 10.1. The lowest BCUT2D eigenvalue weighted by atomic mass is 9.87. The number of ether oxygens (including phenoxy) is 1. The van der Waals surface area contributed by atoms with E-state index in [0.717, 1.165) is 32.0 Å². The number of aliphatic hydroxyl groups is 1. The standard InChI is InChI=1S/C11H16O3/c12-8-3-1-2-6-11-7-4-5-9(13)10(11)14-11/h2,6,8-10,13H,1,3-5,7H2. The summed E-state index contributed by atoms with van der Waals surface area (Å²) in [7, 11) is 0. The molecule has 3 unspecified atom stereocenters. The Labute approximate surface area is 83.8 Å². The molecule has 78 valence electrons. The van der Waals surface area contributed by atoms with Crippen molar-refractivity contribution in [3.8, 4) is 0 Å². The quantitative estimate of drug-likeness (QED) is 0.318. The number of rotatable bonds is 4. The summed E-state index contributed by atoms with van der Waals surface area (Å²) in [5.74, 6) is 0. The van der Waals surface area contributed by atoms with E-state index in [9.17, 15) is 9.90 Å². The van der Waals surface area contributed by atoms with Crippen LogP contribution in [0.2, 0.25) is 0 Å². The minimum atomic E-state index is -0.292. The van der Waals surface area contributed by atoms with Gasteiger partial charge in [-0.3, -0.25) is 0 Å². The first-order valence-electron chi connectivity index (χ1n) is 5.26. The minimum absolute atomic E-state index is 0.0173. The summed E-state index contributed by atoms with van der Waals surface area (Å²) in [6, 6.07) is 0. The summed E-state index contributed by atoms with van der Waals surface area (Å²) in [5.41, 5.74) is -0.180. The zero-order valence-electron chi connectivity index (χ0n) is 8.19. The molecular weight excluding hydrogens is 180 g/mol. The molecule has 0 spiro atoms. The number of carbonyl (C=O) groups excluding carboxylic acids is 1. The highest BCUT2D eigenvalue weighted by molar-refractivity contribution is 5.49. The van der Waals surface area contributed by atoms with Gasteiger partial charge in [0.1, 0.15) is 18.0 Å². The summed E-state index contributed by atoms with van der Waals surface area (Å²) in [5, 5.41) is 9.57. The first kappa shape index (κ1) is 9.87. The topological polar surface area (TPSA) is 49.8 Å². The molecule has 1 saturated heterocycles. The molecule has 1 aliphatic carbocycles. The third kappa shape index (κ3) is 1.74. The zero-order chi connectivity index (χ0) is 10.0. The van der Waals surface area contributed by atoms with Crippen LogP contribution in [0.1, 0.15) is 32.1 Å². The van der Waals surface area contributed by atoms with Crippen LogP contribution >= 0.6 is 0 Å². The molecule has 2 fully saturated rings. The molecule has 1 aliphatic heterocycles. The Morgan fingerprint density at radius 3 is 3.14 bits per heavy atom. The van der Waals surface area contributed by atoms with E-state index < -0.39 is 0 Å². The average Bonchev–Trinajstić information content (AvgIpc) is 2.90. The molecule has 2 rings (SSSR count). The van der Waals surface area contributed by atoms with Crippen LogP contribution in [-0.2, 0) is 9.53 Å². The Bertz CT molecular complexity index is 249. The van der Waals surface area contributed by atoms with Crippen molar-refractivity contribution < 1.29 is 14.6 Å². The van der Waals surface area contributed by atoms with Crippen molar-refractivity contribution in [1.29, 1.82) is 0 Å². The van der Waals surface area contributed by atoms with Gasteiger partial charge in [-0.05, 0) is 25.7 Å². The van der Waals surface area contributed by atoms with Gasteiger partial charge < -0.3 is 14.6 Å². The van der Waals surface area contributed by atoms with Crippen LogP contribution in [0.3, 0.4) is 0 Å². The van der Waals surface area contributed by atoms with Crippen LogP contribution in [0.15, 0.2) is 12.2 Å². The Balaban J connectivity index is 1.86. The third-order valence-corrected chi connectivity index (χ3v) is 3.04. The maximum atomic E-state index is 10.1. The number of epoxide rings is 1. The molecule has 0 aromatic carbocycles. The second-order valence-electron chi connectivity index (χ2n) is 4.10. The van der Waals surface area contributed by atoms with Crippen LogP contribution in [0.5, 0.6) is 0 Å². The molecule has 0 aromatic rings. The van der Waals surface area contributed by atoms with Gasteiger partial charge in [0, 0.05) is 6.42 Å². The van der Waals surface area contributed by atoms with E-state index >= 15 is 0 Å². The van der Waals surface area contributed by atoms with E-state index in [0.29, 0.717) is 6.42 Å². The highest BCUT2D eigenvalue weighted by Crippen LogP contribution is 2.48. The molecule has 1 N–H and O–H groups in total. The predicted molar refractivity (Wildman–Crippen MR) is 51.9 cm³/mol. The molecule has 3 atom stereocenters. The molecule has 14 heavy (non-hydrogen) atoms. The van der Waals surface area contributed by atoms with Crippen LogP contribution < -0.4 is 0 Å². The van der Waals surface area contributed by atoms with Crippen LogP contribution in [0, 0.1) is 0 Å². The van der Waals surface area contributed by atoms with Crippen LogP contribution in [-0.4, -0.2) is 29.2 Å². The summed E-state index contributed by atoms with van der Waals surface area (Å²) < 4.78 is 5.53. The first-order chi connectivity index (χ1) is 6.78. The summed E-state index contributed by atoms with van der Waals surface area (Å²) in [6.07, 6.45) is 8.90. The van der Waals surface area contributed by atoms with E-state index in [4.69, 9.17) is 4.74 Å². The van der Waals surface area contributed by atoms with E-state index in [2.05, 4.69) is 0 Å². The normalized spacial score (nSPS) is 40.9. The number of aldehydes is 1. The Kier molecular flexibility index (Phi) is 2.70. The molecule has 2 aliphatic rings. The van der Waals surface area contributed by atoms with Gasteiger partial charge in [0.2, 0.25) is 0 Å². The van der Waals surface area contributed by atoms with Gasteiger partial charge in [-0.1, -0.05) is 12.2 Å². The van der Waals surface area contributed by atoms with E-state index in [1.54, 1.807) is 0 Å². The second kappa shape index (κ2) is 3.83. The van der Waals surface area contributed by atoms with Crippen molar-refractivity contribution in [2.75, 3.05) is 0 Å². The fraction of sp³-hybridized carbons (Fsp3) is 0.727. The van der Waals surface area contributed by atoms with E-state index in [1.165, 1.54) is 0 Å². The number of fused-ring (bicyclic) bond motifs is 1. The lowest BCUT2D eigenvalue weighted by molar-refractivity contribution is -0.107. The fourth-order valence-corrected chi connectivity index (χ4v) is 2.21. The van der Waals surface area contributed by atoms with Crippen molar-refractivity contribution in [1.82, 2.24) is 0 Å². The van der Waals surface area contributed by atoms with Gasteiger partial charge >= 0.3 is 0 Å². The largest absolute Gasteiger partial charge is 0.390 e. The smallest absolute Gasteiger partial charge is 0.120 e. The monoisotopic (exact) mass is 196 g/mol. The van der Waals surface area contributed by atoms with Crippen molar-refractivity contribution >= 4 is 6.29 Å². The van der Waals surface area contributed by atoms with Gasteiger partial charge in [0.15, 0.2) is 0 Å². The fourth-order valence-electron chi connectivity index (χ4n) is 2.21. The van der Waals surface area contributed by atoms with Gasteiger partial charge in [-0.25, -0.2) is 0 Å². The highest BCUT2D eigenvalue weighted by Gasteiger charge is 2.59. The Morgan fingerprint density at radius 2 is 2.36 bits per heavy atom. The van der Waals surface area contributed by atoms with Gasteiger partial charge in [0.05, 0.1) is 6.10 Å². The molecular formula is C11H16O3. The molecule has 1 saturated carbocycles. The SMILES string of the molecule is O=CCCC=CC12CCCC(O)C1O2. The molecule has 1 heterocycles. The Hall–Kier alpha value is -0.670. The molecule has 0 amide bonds. The number of hydrogen-bond acceptors (Lipinski definition) is 3. The number of carbonyl (C=O) groups is 1. The van der Waals surface area contributed by atoms with Crippen molar-refractivity contribution in [3.63, 3.8) is 0 Å². The number of aliphatic hydroxyl groups excluding tert-OH is 1.